The molecule has 0 spiro atoms. The van der Waals surface area contributed by atoms with Crippen LogP contribution in [0, 0.1) is 0 Å². The van der Waals surface area contributed by atoms with E-state index >= 15 is 0 Å². The molecule has 0 fully saturated rings. The molecule has 2 aromatic carbocycles. The molecule has 2 rings (SSSR count). The van der Waals surface area contributed by atoms with Crippen LogP contribution < -0.4 is 0 Å². The van der Waals surface area contributed by atoms with E-state index in [-0.39, 0.29) is 0 Å². The van der Waals surface area contributed by atoms with E-state index in [1.807, 2.05) is 19.1 Å². The maximum Gasteiger partial charge on any atom is -0.0106 e. The topological polar surface area (TPSA) is 0 Å². The van der Waals surface area contributed by atoms with Crippen molar-refractivity contribution in [1.82, 2.24) is 0 Å². The maximum atomic E-state index is 4.08. The molecule has 0 aliphatic rings. The Bertz CT molecular complexity index is 513. The van der Waals surface area contributed by atoms with Crippen LogP contribution in [0.3, 0.4) is 0 Å². The molecule has 0 saturated carbocycles. The third kappa shape index (κ3) is 1.84. The Morgan fingerprint density at radius 1 is 1.07 bits per heavy atom. The highest BCUT2D eigenvalue weighted by Crippen LogP contribution is 2.24. The lowest BCUT2D eigenvalue weighted by Crippen LogP contribution is -1.82. The predicted molar refractivity (Wildman–Crippen MR) is 67.8 cm³/mol. The molecule has 0 aliphatic heterocycles. The number of hydrogen-bond donors (Lipinski definition) is 0. The SMILES string of the molecule is C=C(/C=C\C)c1cccc2ccccc12. The van der Waals surface area contributed by atoms with Crippen LogP contribution in [-0.2, 0) is 0 Å². The van der Waals surface area contributed by atoms with Gasteiger partial charge in [-0.2, -0.15) is 0 Å². The van der Waals surface area contributed by atoms with Gasteiger partial charge < -0.3 is 0 Å². The molecule has 0 N–H and O–H groups in total. The molecule has 0 heteroatoms. The van der Waals surface area contributed by atoms with E-state index < -0.39 is 0 Å². The second-order valence-corrected chi connectivity index (χ2v) is 3.55. The smallest absolute Gasteiger partial charge is 0.0106 e. The predicted octanol–water partition coefficient (Wildman–Crippen LogP) is 4.43. The second kappa shape index (κ2) is 4.14. The van der Waals surface area contributed by atoms with Crippen molar-refractivity contribution >= 4 is 16.3 Å². The molecule has 0 aromatic heterocycles. The summed E-state index contributed by atoms with van der Waals surface area (Å²) >= 11 is 0. The summed E-state index contributed by atoms with van der Waals surface area (Å²) in [6.45, 7) is 6.09. The summed E-state index contributed by atoms with van der Waals surface area (Å²) in [5.41, 5.74) is 2.28. The Labute approximate surface area is 90.6 Å². The van der Waals surface area contributed by atoms with Crippen molar-refractivity contribution in [2.24, 2.45) is 0 Å². The fourth-order valence-corrected chi connectivity index (χ4v) is 1.80. The lowest BCUT2D eigenvalue weighted by Gasteiger charge is -2.05. The van der Waals surface area contributed by atoms with Gasteiger partial charge in [0.25, 0.3) is 0 Å². The van der Waals surface area contributed by atoms with Crippen molar-refractivity contribution in [2.45, 2.75) is 6.92 Å². The van der Waals surface area contributed by atoms with Crippen LogP contribution >= 0.6 is 0 Å². The zero-order chi connectivity index (χ0) is 10.7. The van der Waals surface area contributed by atoms with Crippen molar-refractivity contribution in [2.75, 3.05) is 0 Å². The van der Waals surface area contributed by atoms with Gasteiger partial charge in [-0.15, -0.1) is 0 Å². The zero-order valence-corrected chi connectivity index (χ0v) is 8.90. The van der Waals surface area contributed by atoms with Crippen molar-refractivity contribution in [3.8, 4) is 0 Å². The molecule has 0 radical (unpaired) electrons. The number of hydrogen-bond acceptors (Lipinski definition) is 0. The number of allylic oxidation sites excluding steroid dienone is 3. The van der Waals surface area contributed by atoms with Crippen LogP contribution in [-0.4, -0.2) is 0 Å². The number of fused-ring (bicyclic) bond motifs is 1. The molecule has 15 heavy (non-hydrogen) atoms. The average Bonchev–Trinajstić information content (AvgIpc) is 2.28. The Morgan fingerprint density at radius 2 is 1.80 bits per heavy atom. The number of rotatable bonds is 2. The van der Waals surface area contributed by atoms with Gasteiger partial charge in [0.05, 0.1) is 0 Å². The Hall–Kier alpha value is -1.82. The van der Waals surface area contributed by atoms with Crippen LogP contribution in [0.25, 0.3) is 16.3 Å². The van der Waals surface area contributed by atoms with Crippen LogP contribution in [0.2, 0.25) is 0 Å². The summed E-state index contributed by atoms with van der Waals surface area (Å²) in [4.78, 5) is 0. The molecule has 0 heterocycles. The molecule has 74 valence electrons. The molecule has 0 bridgehead atoms. The lowest BCUT2D eigenvalue weighted by molar-refractivity contribution is 1.66. The van der Waals surface area contributed by atoms with E-state index in [1.165, 1.54) is 16.3 Å². The lowest BCUT2D eigenvalue weighted by atomic mass is 9.99. The fourth-order valence-electron chi connectivity index (χ4n) is 1.80. The first kappa shape index (κ1) is 9.72. The maximum absolute atomic E-state index is 4.08. The highest BCUT2D eigenvalue weighted by molar-refractivity contribution is 5.95. The molecular weight excluding hydrogens is 180 g/mol. The van der Waals surface area contributed by atoms with Crippen LogP contribution in [0.5, 0.6) is 0 Å². The Morgan fingerprint density at radius 3 is 2.60 bits per heavy atom. The summed E-state index contributed by atoms with van der Waals surface area (Å²) in [6, 6.07) is 14.7. The summed E-state index contributed by atoms with van der Waals surface area (Å²) in [5.74, 6) is 0. The van der Waals surface area contributed by atoms with Crippen LogP contribution in [0.4, 0.5) is 0 Å². The van der Waals surface area contributed by atoms with Crippen LogP contribution in [0.1, 0.15) is 12.5 Å². The van der Waals surface area contributed by atoms with Crippen molar-refractivity contribution in [3.63, 3.8) is 0 Å². The molecule has 0 atom stereocenters. The van der Waals surface area contributed by atoms with Gasteiger partial charge in [0.15, 0.2) is 0 Å². The van der Waals surface area contributed by atoms with E-state index in [9.17, 15) is 0 Å². The van der Waals surface area contributed by atoms with Gasteiger partial charge >= 0.3 is 0 Å². The number of benzene rings is 2. The van der Waals surface area contributed by atoms with E-state index in [2.05, 4.69) is 49.0 Å². The fraction of sp³-hybridized carbons (Fsp3) is 0.0667. The standard InChI is InChI=1S/C15H14/c1-3-7-12(2)14-11-6-9-13-8-4-5-10-15(13)14/h3-11H,2H2,1H3/b7-3-. The summed E-state index contributed by atoms with van der Waals surface area (Å²) < 4.78 is 0. The first-order valence-corrected chi connectivity index (χ1v) is 5.12. The minimum Gasteiger partial charge on any atom is -0.0911 e. The summed E-state index contributed by atoms with van der Waals surface area (Å²) in [5, 5.41) is 2.53. The molecule has 0 nitrogen and oxygen atoms in total. The van der Waals surface area contributed by atoms with Gasteiger partial charge in [0.2, 0.25) is 0 Å². The third-order valence-electron chi connectivity index (χ3n) is 2.50. The molecule has 0 amide bonds. The highest BCUT2D eigenvalue weighted by atomic mass is 14.0. The van der Waals surface area contributed by atoms with Gasteiger partial charge in [-0.05, 0) is 28.8 Å². The minimum absolute atomic E-state index is 1.06. The van der Waals surface area contributed by atoms with Gasteiger partial charge in [-0.3, -0.25) is 0 Å². The Kier molecular flexibility index (Phi) is 2.68. The van der Waals surface area contributed by atoms with Crippen molar-refractivity contribution < 1.29 is 0 Å². The van der Waals surface area contributed by atoms with Crippen molar-refractivity contribution in [3.05, 3.63) is 66.8 Å². The molecule has 2 aromatic rings. The normalized spacial score (nSPS) is 11.0. The van der Waals surface area contributed by atoms with Gasteiger partial charge in [-0.1, -0.05) is 61.2 Å². The summed E-state index contributed by atoms with van der Waals surface area (Å²) in [6.07, 6.45) is 4.06. The second-order valence-electron chi connectivity index (χ2n) is 3.55. The van der Waals surface area contributed by atoms with Gasteiger partial charge in [0, 0.05) is 0 Å². The summed E-state index contributed by atoms with van der Waals surface area (Å²) in [7, 11) is 0. The molecule has 0 aliphatic carbocycles. The largest absolute Gasteiger partial charge is 0.0911 e. The monoisotopic (exact) mass is 194 g/mol. The first-order valence-electron chi connectivity index (χ1n) is 5.12. The average molecular weight is 194 g/mol. The van der Waals surface area contributed by atoms with Gasteiger partial charge in [0.1, 0.15) is 0 Å². The van der Waals surface area contributed by atoms with E-state index in [0.29, 0.717) is 0 Å². The van der Waals surface area contributed by atoms with Crippen molar-refractivity contribution in [1.29, 1.82) is 0 Å². The molecular formula is C15H14. The van der Waals surface area contributed by atoms with E-state index in [1.54, 1.807) is 0 Å². The Balaban J connectivity index is 2.65. The minimum atomic E-state index is 1.06. The van der Waals surface area contributed by atoms with E-state index in [0.717, 1.165) is 5.57 Å². The van der Waals surface area contributed by atoms with Crippen LogP contribution in [0.15, 0.2) is 61.2 Å². The molecule has 0 saturated heterocycles. The highest BCUT2D eigenvalue weighted by Gasteiger charge is 2.00. The molecule has 0 unspecified atom stereocenters. The first-order chi connectivity index (χ1) is 7.33. The zero-order valence-electron chi connectivity index (χ0n) is 8.90. The van der Waals surface area contributed by atoms with E-state index in [4.69, 9.17) is 0 Å². The quantitative estimate of drug-likeness (QED) is 0.620. The van der Waals surface area contributed by atoms with Gasteiger partial charge in [-0.25, -0.2) is 0 Å². The third-order valence-corrected chi connectivity index (χ3v) is 2.50.